The van der Waals surface area contributed by atoms with Crippen LogP contribution in [-0.2, 0) is 4.79 Å². The van der Waals surface area contributed by atoms with Crippen LogP contribution < -0.4 is 0 Å². The molecule has 0 aliphatic rings. The minimum absolute atomic E-state index is 0. The summed E-state index contributed by atoms with van der Waals surface area (Å²) in [5.74, 6) is -0.650. The highest BCUT2D eigenvalue weighted by atomic mass is 27.0. The highest BCUT2D eigenvalue weighted by molar-refractivity contribution is 5.75. The lowest BCUT2D eigenvalue weighted by Gasteiger charge is -2.04. The zero-order valence-corrected chi connectivity index (χ0v) is 21.1. The molecule has 3 radical (unpaired) electrons. The molecule has 0 aromatic rings. The van der Waals surface area contributed by atoms with E-state index in [1.165, 1.54) is 135 Å². The summed E-state index contributed by atoms with van der Waals surface area (Å²) in [7, 11) is 0. The van der Waals surface area contributed by atoms with Crippen LogP contribution in [-0.4, -0.2) is 28.4 Å². The van der Waals surface area contributed by atoms with E-state index >= 15 is 0 Å². The lowest BCUT2D eigenvalue weighted by Crippen LogP contribution is -1.93. The van der Waals surface area contributed by atoms with E-state index in [1.54, 1.807) is 0 Å². The third-order valence-corrected chi connectivity index (χ3v) is 5.99. The van der Waals surface area contributed by atoms with Crippen LogP contribution in [0, 0.1) is 0 Å². The minimum Gasteiger partial charge on any atom is -0.481 e. The highest BCUT2D eigenvalue weighted by Gasteiger charge is 1.97. The summed E-state index contributed by atoms with van der Waals surface area (Å²) in [5, 5.41) is 8.59. The van der Waals surface area contributed by atoms with Crippen LogP contribution in [0.3, 0.4) is 0 Å². The van der Waals surface area contributed by atoms with Crippen molar-refractivity contribution in [3.63, 3.8) is 0 Å². The zero-order chi connectivity index (χ0) is 20.5. The first-order valence-electron chi connectivity index (χ1n) is 13.0. The number of carboxylic acid groups (broad SMARTS) is 1. The zero-order valence-electron chi connectivity index (χ0n) is 19.9. The molecule has 0 saturated carbocycles. The molecule has 29 heavy (non-hydrogen) atoms. The molecule has 3 heteroatoms. The van der Waals surface area contributed by atoms with E-state index in [9.17, 15) is 4.79 Å². The number of rotatable bonds is 24. The van der Waals surface area contributed by atoms with Gasteiger partial charge in [-0.2, -0.15) is 0 Å². The number of aliphatic carboxylic acids is 1. The van der Waals surface area contributed by atoms with Gasteiger partial charge in [0.2, 0.25) is 0 Å². The number of hydrogen-bond acceptors (Lipinski definition) is 1. The molecule has 0 aliphatic heterocycles. The monoisotopic (exact) mass is 423 g/mol. The molecule has 0 bridgehead atoms. The first kappa shape index (κ1) is 31.2. The van der Waals surface area contributed by atoms with Crippen LogP contribution >= 0.6 is 0 Å². The molecule has 0 aliphatic carbocycles. The van der Waals surface area contributed by atoms with Gasteiger partial charge in [0.1, 0.15) is 0 Å². The van der Waals surface area contributed by atoms with Crippen LogP contribution in [0.5, 0.6) is 0 Å². The van der Waals surface area contributed by atoms with Crippen molar-refractivity contribution in [3.8, 4) is 0 Å². The molecule has 2 nitrogen and oxygen atoms in total. The van der Waals surface area contributed by atoms with Gasteiger partial charge in [0, 0.05) is 23.8 Å². The molecule has 0 heterocycles. The maximum atomic E-state index is 10.4. The van der Waals surface area contributed by atoms with E-state index in [0.29, 0.717) is 6.42 Å². The fourth-order valence-corrected chi connectivity index (χ4v) is 4.06. The van der Waals surface area contributed by atoms with Gasteiger partial charge in [-0.15, -0.1) is 0 Å². The summed E-state index contributed by atoms with van der Waals surface area (Å²) < 4.78 is 0. The molecule has 0 spiro atoms. The molecule has 0 rings (SSSR count). The number of carboxylic acids is 1. The van der Waals surface area contributed by atoms with Crippen LogP contribution in [0.25, 0.3) is 0 Å². The second kappa shape index (κ2) is 28.0. The Labute approximate surface area is 194 Å². The second-order valence-electron chi connectivity index (χ2n) is 8.92. The molecule has 1 N–H and O–H groups in total. The topological polar surface area (TPSA) is 37.3 Å². The normalized spacial score (nSPS) is 10.8. The van der Waals surface area contributed by atoms with Gasteiger partial charge in [0.25, 0.3) is 0 Å². The van der Waals surface area contributed by atoms with E-state index in [2.05, 4.69) is 6.92 Å². The fraction of sp³-hybridized carbons (Fsp3) is 0.962. The fourth-order valence-electron chi connectivity index (χ4n) is 4.06. The number of unbranched alkanes of at least 4 members (excludes halogenated alkanes) is 22. The van der Waals surface area contributed by atoms with Crippen molar-refractivity contribution >= 4 is 23.3 Å². The molecule has 0 unspecified atom stereocenters. The largest absolute Gasteiger partial charge is 0.481 e. The van der Waals surface area contributed by atoms with Crippen molar-refractivity contribution in [2.45, 2.75) is 161 Å². The van der Waals surface area contributed by atoms with Gasteiger partial charge in [-0.3, -0.25) is 4.79 Å². The first-order valence-corrected chi connectivity index (χ1v) is 13.0. The van der Waals surface area contributed by atoms with Crippen LogP contribution in [0.2, 0.25) is 0 Å². The van der Waals surface area contributed by atoms with E-state index in [0.717, 1.165) is 12.8 Å². The molecule has 0 atom stereocenters. The molecule has 0 aromatic carbocycles. The second-order valence-corrected chi connectivity index (χ2v) is 8.92. The quantitative estimate of drug-likeness (QED) is 0.124. The average molecular weight is 424 g/mol. The Bertz CT molecular complexity index is 307. The third-order valence-electron chi connectivity index (χ3n) is 5.99. The van der Waals surface area contributed by atoms with Gasteiger partial charge < -0.3 is 5.11 Å². The van der Waals surface area contributed by atoms with Gasteiger partial charge in [-0.1, -0.05) is 148 Å². The molecular weight excluding hydrogens is 371 g/mol. The Kier molecular flexibility index (Phi) is 30.1. The minimum atomic E-state index is -0.650. The summed E-state index contributed by atoms with van der Waals surface area (Å²) >= 11 is 0. The Morgan fingerprint density at radius 3 is 0.862 bits per heavy atom. The molecule has 0 amide bonds. The van der Waals surface area contributed by atoms with Gasteiger partial charge >= 0.3 is 5.97 Å². The molecule has 0 fully saturated rings. The van der Waals surface area contributed by atoms with Gasteiger partial charge in [-0.05, 0) is 6.42 Å². The maximum Gasteiger partial charge on any atom is 0.303 e. The predicted octanol–water partition coefficient (Wildman–Crippen LogP) is 9.07. The summed E-state index contributed by atoms with van der Waals surface area (Å²) in [4.78, 5) is 10.4. The Hall–Kier alpha value is 0.00247. The average Bonchev–Trinajstić information content (AvgIpc) is 2.68. The molecular formula is C26H52AlO2. The SMILES string of the molecule is CCCCCCCCCCCCCCCCCCCCCCCCCC(=O)O.[Al]. The standard InChI is InChI=1S/C26H52O2.Al/c1-2-3-4-5-6-7-8-9-10-11-12-13-14-15-16-17-18-19-20-21-22-23-24-25-26(27)28;/h2-25H2,1H3,(H,27,28);. The summed E-state index contributed by atoms with van der Waals surface area (Å²) in [6.07, 6.45) is 32.0. The van der Waals surface area contributed by atoms with E-state index < -0.39 is 5.97 Å². The van der Waals surface area contributed by atoms with Crippen molar-refractivity contribution in [1.82, 2.24) is 0 Å². The molecule has 171 valence electrons. The van der Waals surface area contributed by atoms with Gasteiger partial charge in [0.05, 0.1) is 0 Å². The predicted molar refractivity (Wildman–Crippen MR) is 130 cm³/mol. The van der Waals surface area contributed by atoms with E-state index in [-0.39, 0.29) is 17.4 Å². The molecule has 0 saturated heterocycles. The summed E-state index contributed by atoms with van der Waals surface area (Å²) in [5.41, 5.74) is 0. The number of carbonyl (C=O) groups is 1. The van der Waals surface area contributed by atoms with Crippen molar-refractivity contribution in [1.29, 1.82) is 0 Å². The van der Waals surface area contributed by atoms with Crippen molar-refractivity contribution < 1.29 is 9.90 Å². The summed E-state index contributed by atoms with van der Waals surface area (Å²) in [6, 6.07) is 0. The third kappa shape index (κ3) is 30.3. The van der Waals surface area contributed by atoms with Crippen LogP contribution in [0.15, 0.2) is 0 Å². The van der Waals surface area contributed by atoms with Crippen molar-refractivity contribution in [2.75, 3.05) is 0 Å². The lowest BCUT2D eigenvalue weighted by atomic mass is 10.0. The van der Waals surface area contributed by atoms with Gasteiger partial charge in [-0.25, -0.2) is 0 Å². The van der Waals surface area contributed by atoms with Gasteiger partial charge in [0.15, 0.2) is 0 Å². The first-order chi connectivity index (χ1) is 13.8. The maximum absolute atomic E-state index is 10.4. The van der Waals surface area contributed by atoms with Crippen molar-refractivity contribution in [2.24, 2.45) is 0 Å². The smallest absolute Gasteiger partial charge is 0.303 e. The Balaban J connectivity index is 0. The number of hydrogen-bond donors (Lipinski definition) is 1. The highest BCUT2D eigenvalue weighted by Crippen LogP contribution is 2.15. The Morgan fingerprint density at radius 2 is 0.655 bits per heavy atom. The van der Waals surface area contributed by atoms with E-state index in [1.807, 2.05) is 0 Å². The summed E-state index contributed by atoms with van der Waals surface area (Å²) in [6.45, 7) is 2.29. The molecule has 0 aromatic heterocycles. The van der Waals surface area contributed by atoms with Crippen molar-refractivity contribution in [3.05, 3.63) is 0 Å². The lowest BCUT2D eigenvalue weighted by molar-refractivity contribution is -0.137. The van der Waals surface area contributed by atoms with E-state index in [4.69, 9.17) is 5.11 Å². The van der Waals surface area contributed by atoms with Crippen LogP contribution in [0.1, 0.15) is 161 Å². The van der Waals surface area contributed by atoms with Crippen LogP contribution in [0.4, 0.5) is 0 Å². The Morgan fingerprint density at radius 1 is 0.448 bits per heavy atom.